The SMILES string of the molecule is CCNC(=NCc1nc(-c2ccco2)n[nH]1)NC(C)c1ccccc1Br.I. The van der Waals surface area contributed by atoms with Crippen LogP contribution >= 0.6 is 39.9 Å². The molecule has 1 unspecified atom stereocenters. The second kappa shape index (κ2) is 10.5. The number of halogens is 2. The number of hydrogen-bond donors (Lipinski definition) is 3. The van der Waals surface area contributed by atoms with Crippen molar-refractivity contribution in [1.82, 2.24) is 25.8 Å². The molecule has 144 valence electrons. The Labute approximate surface area is 183 Å². The van der Waals surface area contributed by atoms with Crippen molar-refractivity contribution in [2.24, 2.45) is 4.99 Å². The highest BCUT2D eigenvalue weighted by molar-refractivity contribution is 14.0. The summed E-state index contributed by atoms with van der Waals surface area (Å²) in [5.74, 6) is 2.54. The molecule has 0 saturated carbocycles. The molecule has 9 heteroatoms. The van der Waals surface area contributed by atoms with Crippen LogP contribution in [0.1, 0.15) is 31.3 Å². The van der Waals surface area contributed by atoms with Gasteiger partial charge >= 0.3 is 0 Å². The standard InChI is InChI=1S/C18H21BrN6O.HI/c1-3-20-18(22-12(2)13-7-4-5-8-14(13)19)21-11-16-23-17(25-24-16)15-9-6-10-26-15;/h4-10,12H,3,11H2,1-2H3,(H2,20,21,22)(H,23,24,25);1H. The van der Waals surface area contributed by atoms with E-state index in [4.69, 9.17) is 4.42 Å². The van der Waals surface area contributed by atoms with E-state index in [9.17, 15) is 0 Å². The number of hydrogen-bond acceptors (Lipinski definition) is 4. The second-order valence-electron chi connectivity index (χ2n) is 5.67. The lowest BCUT2D eigenvalue weighted by atomic mass is 10.1. The van der Waals surface area contributed by atoms with Gasteiger partial charge in [-0.1, -0.05) is 34.1 Å². The molecular weight excluding hydrogens is 523 g/mol. The number of nitrogens with one attached hydrogen (secondary N) is 3. The van der Waals surface area contributed by atoms with E-state index in [-0.39, 0.29) is 30.0 Å². The molecule has 3 aromatic rings. The summed E-state index contributed by atoms with van der Waals surface area (Å²) in [6.07, 6.45) is 1.60. The maximum Gasteiger partial charge on any atom is 0.216 e. The zero-order valence-electron chi connectivity index (χ0n) is 15.1. The van der Waals surface area contributed by atoms with Crippen LogP contribution in [0.15, 0.2) is 56.5 Å². The van der Waals surface area contributed by atoms with Gasteiger partial charge in [-0.15, -0.1) is 29.1 Å². The highest BCUT2D eigenvalue weighted by atomic mass is 127. The van der Waals surface area contributed by atoms with Crippen LogP contribution in [0.3, 0.4) is 0 Å². The molecule has 0 aliphatic rings. The van der Waals surface area contributed by atoms with Crippen LogP contribution in [0.25, 0.3) is 11.6 Å². The molecule has 7 nitrogen and oxygen atoms in total. The summed E-state index contributed by atoms with van der Waals surface area (Å²) in [4.78, 5) is 8.99. The Morgan fingerprint density at radius 2 is 2.11 bits per heavy atom. The summed E-state index contributed by atoms with van der Waals surface area (Å²) in [7, 11) is 0. The number of aromatic nitrogens is 3. The molecule has 0 saturated heterocycles. The Morgan fingerprint density at radius 3 is 2.81 bits per heavy atom. The molecule has 0 aliphatic heterocycles. The second-order valence-corrected chi connectivity index (χ2v) is 6.52. The van der Waals surface area contributed by atoms with Crippen molar-refractivity contribution in [3.63, 3.8) is 0 Å². The Morgan fingerprint density at radius 1 is 1.30 bits per heavy atom. The highest BCUT2D eigenvalue weighted by Gasteiger charge is 2.11. The first-order chi connectivity index (χ1) is 12.7. The first-order valence-corrected chi connectivity index (χ1v) is 9.21. The molecule has 0 aliphatic carbocycles. The van der Waals surface area contributed by atoms with E-state index in [2.05, 4.69) is 59.7 Å². The smallest absolute Gasteiger partial charge is 0.216 e. The zero-order valence-corrected chi connectivity index (χ0v) is 19.0. The summed E-state index contributed by atoms with van der Waals surface area (Å²) in [6.45, 7) is 5.27. The number of guanidine groups is 1. The fraction of sp³-hybridized carbons (Fsp3) is 0.278. The molecular formula is C18H22BrIN6O. The van der Waals surface area contributed by atoms with E-state index in [1.165, 1.54) is 0 Å². The summed E-state index contributed by atoms with van der Waals surface area (Å²) in [5.41, 5.74) is 1.16. The third-order valence-electron chi connectivity index (χ3n) is 3.73. The number of furan rings is 1. The van der Waals surface area contributed by atoms with Crippen LogP contribution in [0.5, 0.6) is 0 Å². The Kier molecular flexibility index (Phi) is 8.29. The van der Waals surface area contributed by atoms with Crippen molar-refractivity contribution in [3.05, 3.63) is 58.5 Å². The Balaban J connectivity index is 0.00000261. The number of aromatic amines is 1. The lowest BCUT2D eigenvalue weighted by Gasteiger charge is -2.19. The average Bonchev–Trinajstić information content (AvgIpc) is 3.31. The van der Waals surface area contributed by atoms with E-state index in [0.29, 0.717) is 29.9 Å². The van der Waals surface area contributed by atoms with Crippen LogP contribution in [0.2, 0.25) is 0 Å². The predicted octanol–water partition coefficient (Wildman–Crippen LogP) is 4.26. The van der Waals surface area contributed by atoms with E-state index in [1.807, 2.05) is 31.2 Å². The van der Waals surface area contributed by atoms with Gasteiger partial charge in [-0.2, -0.15) is 0 Å². The number of aliphatic imine (C=N–C) groups is 1. The van der Waals surface area contributed by atoms with E-state index in [0.717, 1.165) is 16.6 Å². The van der Waals surface area contributed by atoms with Gasteiger partial charge in [0.2, 0.25) is 5.82 Å². The fourth-order valence-corrected chi connectivity index (χ4v) is 3.09. The normalized spacial score (nSPS) is 12.3. The predicted molar refractivity (Wildman–Crippen MR) is 120 cm³/mol. The van der Waals surface area contributed by atoms with E-state index < -0.39 is 0 Å². The Bertz CT molecular complexity index is 864. The van der Waals surface area contributed by atoms with Gasteiger partial charge in [0.05, 0.1) is 12.3 Å². The maximum atomic E-state index is 5.30. The maximum absolute atomic E-state index is 5.30. The Hall–Kier alpha value is -1.88. The van der Waals surface area contributed by atoms with Gasteiger partial charge in [0, 0.05) is 11.0 Å². The molecule has 2 aromatic heterocycles. The van der Waals surface area contributed by atoms with Crippen LogP contribution < -0.4 is 10.6 Å². The molecule has 0 radical (unpaired) electrons. The fourth-order valence-electron chi connectivity index (χ4n) is 2.47. The summed E-state index contributed by atoms with van der Waals surface area (Å²) < 4.78 is 6.36. The van der Waals surface area contributed by atoms with Crippen molar-refractivity contribution in [3.8, 4) is 11.6 Å². The summed E-state index contributed by atoms with van der Waals surface area (Å²) >= 11 is 3.59. The molecule has 3 rings (SSSR count). The minimum Gasteiger partial charge on any atom is -0.461 e. The van der Waals surface area contributed by atoms with Crippen molar-refractivity contribution < 1.29 is 4.42 Å². The van der Waals surface area contributed by atoms with Crippen molar-refractivity contribution in [2.45, 2.75) is 26.4 Å². The highest BCUT2D eigenvalue weighted by Crippen LogP contribution is 2.22. The summed E-state index contributed by atoms with van der Waals surface area (Å²) in [5, 5.41) is 13.7. The van der Waals surface area contributed by atoms with Gasteiger partial charge < -0.3 is 15.1 Å². The third kappa shape index (κ3) is 5.80. The van der Waals surface area contributed by atoms with E-state index in [1.54, 1.807) is 12.3 Å². The topological polar surface area (TPSA) is 91.1 Å². The lowest BCUT2D eigenvalue weighted by Crippen LogP contribution is -2.38. The molecule has 0 spiro atoms. The lowest BCUT2D eigenvalue weighted by molar-refractivity contribution is 0.577. The van der Waals surface area contributed by atoms with Gasteiger partial charge in [0.25, 0.3) is 0 Å². The third-order valence-corrected chi connectivity index (χ3v) is 4.45. The monoisotopic (exact) mass is 544 g/mol. The molecule has 0 fully saturated rings. The largest absolute Gasteiger partial charge is 0.461 e. The zero-order chi connectivity index (χ0) is 18.4. The van der Waals surface area contributed by atoms with Gasteiger partial charge in [0.15, 0.2) is 11.7 Å². The molecule has 0 amide bonds. The van der Waals surface area contributed by atoms with Crippen LogP contribution in [0, 0.1) is 0 Å². The number of H-pyrrole nitrogens is 1. The quantitative estimate of drug-likeness (QED) is 0.245. The van der Waals surface area contributed by atoms with Crippen LogP contribution in [-0.2, 0) is 6.54 Å². The molecule has 1 aromatic carbocycles. The number of rotatable bonds is 6. The average molecular weight is 545 g/mol. The number of nitrogens with zero attached hydrogens (tertiary/aromatic N) is 3. The van der Waals surface area contributed by atoms with E-state index >= 15 is 0 Å². The first-order valence-electron chi connectivity index (χ1n) is 8.41. The molecule has 2 heterocycles. The molecule has 3 N–H and O–H groups in total. The van der Waals surface area contributed by atoms with Gasteiger partial charge in [-0.3, -0.25) is 5.10 Å². The molecule has 27 heavy (non-hydrogen) atoms. The summed E-state index contributed by atoms with van der Waals surface area (Å²) in [6, 6.07) is 11.9. The van der Waals surface area contributed by atoms with Crippen molar-refractivity contribution in [1.29, 1.82) is 0 Å². The first kappa shape index (κ1) is 21.4. The minimum atomic E-state index is 0. The van der Waals surface area contributed by atoms with Gasteiger partial charge in [-0.05, 0) is 37.6 Å². The van der Waals surface area contributed by atoms with Crippen molar-refractivity contribution >= 4 is 45.9 Å². The van der Waals surface area contributed by atoms with Gasteiger partial charge in [0.1, 0.15) is 12.4 Å². The number of benzene rings is 1. The minimum absolute atomic E-state index is 0. The van der Waals surface area contributed by atoms with Crippen molar-refractivity contribution in [2.75, 3.05) is 6.54 Å². The van der Waals surface area contributed by atoms with Crippen LogP contribution in [-0.4, -0.2) is 27.7 Å². The molecule has 1 atom stereocenters. The molecule has 0 bridgehead atoms. The van der Waals surface area contributed by atoms with Crippen LogP contribution in [0.4, 0.5) is 0 Å². The van der Waals surface area contributed by atoms with Gasteiger partial charge in [-0.25, -0.2) is 9.98 Å².